The van der Waals surface area contributed by atoms with E-state index in [9.17, 15) is 20.0 Å². The Morgan fingerprint density at radius 2 is 1.43 bits per heavy atom. The molecule has 0 bridgehead atoms. The second-order valence-electron chi connectivity index (χ2n) is 8.63. The molecule has 2 aromatic rings. The van der Waals surface area contributed by atoms with Crippen molar-refractivity contribution < 1.29 is 35.1 Å². The van der Waals surface area contributed by atoms with Gasteiger partial charge in [-0.3, -0.25) is 4.90 Å². The molecule has 9 heteroatoms. The van der Waals surface area contributed by atoms with E-state index in [1.165, 1.54) is 5.56 Å². The van der Waals surface area contributed by atoms with Crippen LogP contribution in [0.4, 0.5) is 0 Å². The minimum atomic E-state index is -2.27. The van der Waals surface area contributed by atoms with Gasteiger partial charge in [0.1, 0.15) is 5.75 Å². The zero-order chi connectivity index (χ0) is 26.7. The van der Waals surface area contributed by atoms with Gasteiger partial charge in [-0.25, -0.2) is 9.59 Å². The van der Waals surface area contributed by atoms with Gasteiger partial charge in [0, 0.05) is 23.6 Å². The highest BCUT2D eigenvalue weighted by Crippen LogP contribution is 2.35. The van der Waals surface area contributed by atoms with E-state index < -0.39 is 24.1 Å². The van der Waals surface area contributed by atoms with E-state index >= 15 is 0 Å². The van der Waals surface area contributed by atoms with Crippen molar-refractivity contribution in [2.45, 2.75) is 64.3 Å². The van der Waals surface area contributed by atoms with Gasteiger partial charge in [-0.15, -0.1) is 0 Å². The molecule has 0 spiro atoms. The van der Waals surface area contributed by atoms with Crippen molar-refractivity contribution >= 4 is 11.9 Å². The Morgan fingerprint density at radius 1 is 0.914 bits per heavy atom. The highest BCUT2D eigenvalue weighted by Gasteiger charge is 2.29. The Bertz CT molecular complexity index is 977. The smallest absolute Gasteiger partial charge is 0.335 e. The number of carboxylic acid groups (broad SMARTS) is 2. The first-order valence-electron chi connectivity index (χ1n) is 11.3. The highest BCUT2D eigenvalue weighted by molar-refractivity contribution is 5.83. The van der Waals surface area contributed by atoms with Crippen molar-refractivity contribution in [3.8, 4) is 11.8 Å². The lowest BCUT2D eigenvalue weighted by atomic mass is 9.86. The van der Waals surface area contributed by atoms with Crippen LogP contribution in [0.3, 0.4) is 0 Å². The average Bonchev–Trinajstić information content (AvgIpc) is 2.81. The van der Waals surface area contributed by atoms with Gasteiger partial charge in [0.15, 0.2) is 12.2 Å². The number of aliphatic hydroxyl groups excluding tert-OH is 2. The van der Waals surface area contributed by atoms with Crippen LogP contribution >= 0.6 is 0 Å². The molecule has 2 aromatic carbocycles. The zero-order valence-corrected chi connectivity index (χ0v) is 20.4. The number of aliphatic hydroxyl groups is 2. The molecule has 0 saturated carbocycles. The summed E-state index contributed by atoms with van der Waals surface area (Å²) in [6.07, 6.45) is -3.64. The molecule has 0 fully saturated rings. The van der Waals surface area contributed by atoms with Crippen molar-refractivity contribution in [3.63, 3.8) is 0 Å². The van der Waals surface area contributed by atoms with Crippen LogP contribution in [-0.4, -0.2) is 73.2 Å². The summed E-state index contributed by atoms with van der Waals surface area (Å²) in [6.45, 7) is 9.79. The van der Waals surface area contributed by atoms with Crippen LogP contribution in [0.1, 0.15) is 56.7 Å². The summed E-state index contributed by atoms with van der Waals surface area (Å²) in [5, 5.41) is 52.2. The van der Waals surface area contributed by atoms with Crippen LogP contribution in [-0.2, 0) is 9.59 Å². The summed E-state index contributed by atoms with van der Waals surface area (Å²) in [5.74, 6) is -3.22. The number of phenolic OH excluding ortho intramolecular Hbond substituents is 1. The molecule has 0 aliphatic rings. The Kier molecular flexibility index (Phi) is 11.9. The Hall–Kier alpha value is -3.45. The zero-order valence-electron chi connectivity index (χ0n) is 20.4. The average molecular weight is 487 g/mol. The predicted molar refractivity (Wildman–Crippen MR) is 130 cm³/mol. The number of carbonyl (C=O) groups is 2. The van der Waals surface area contributed by atoms with Gasteiger partial charge in [-0.05, 0) is 64.4 Å². The molecular weight excluding hydrogens is 452 g/mol. The van der Waals surface area contributed by atoms with Gasteiger partial charge in [0.2, 0.25) is 0 Å². The van der Waals surface area contributed by atoms with Crippen LogP contribution in [0.2, 0.25) is 0 Å². The van der Waals surface area contributed by atoms with E-state index in [1.54, 1.807) is 12.1 Å². The first-order valence-corrected chi connectivity index (χ1v) is 11.3. The molecule has 0 amide bonds. The summed E-state index contributed by atoms with van der Waals surface area (Å²) in [6, 6.07) is 18.5. The molecule has 0 aliphatic heterocycles. The van der Waals surface area contributed by atoms with Crippen molar-refractivity contribution in [2.24, 2.45) is 0 Å². The number of nitriles is 1. The standard InChI is InChI=1S/C22H28N2O.C4H6O6/c1-16(2)24(17(3)4)13-12-20(19-8-6-5-7-9-19)21-14-18(15-23)10-11-22(21)25;5-1(3(7)8)2(6)4(9)10/h5-11,14,16-17,20,25H,12-13H2,1-4H3;1-2,5-6H,(H,7,8)(H,9,10)/t20-;/m1./s1. The quantitative estimate of drug-likeness (QED) is 0.340. The summed E-state index contributed by atoms with van der Waals surface area (Å²) in [7, 11) is 0. The number of nitrogens with zero attached hydrogens (tertiary/aromatic N) is 2. The first kappa shape index (κ1) is 29.6. The third kappa shape index (κ3) is 9.02. The second kappa shape index (κ2) is 14.1. The summed E-state index contributed by atoms with van der Waals surface area (Å²) < 4.78 is 0. The van der Waals surface area contributed by atoms with E-state index in [0.29, 0.717) is 17.6 Å². The molecule has 0 saturated heterocycles. The lowest BCUT2D eigenvalue weighted by Gasteiger charge is -2.32. The van der Waals surface area contributed by atoms with Crippen molar-refractivity contribution in [2.75, 3.05) is 6.54 Å². The van der Waals surface area contributed by atoms with Gasteiger partial charge >= 0.3 is 11.9 Å². The summed E-state index contributed by atoms with van der Waals surface area (Å²) in [5.41, 5.74) is 2.58. The molecule has 35 heavy (non-hydrogen) atoms. The Balaban J connectivity index is 0.000000518. The summed E-state index contributed by atoms with van der Waals surface area (Å²) >= 11 is 0. The molecule has 2 unspecified atom stereocenters. The number of aliphatic carboxylic acids is 2. The van der Waals surface area contributed by atoms with Crippen LogP contribution in [0.5, 0.6) is 5.75 Å². The molecule has 3 atom stereocenters. The number of hydrogen-bond donors (Lipinski definition) is 5. The van der Waals surface area contributed by atoms with E-state index in [2.05, 4.69) is 50.8 Å². The highest BCUT2D eigenvalue weighted by atomic mass is 16.4. The molecule has 2 rings (SSSR count). The lowest BCUT2D eigenvalue weighted by molar-refractivity contribution is -0.165. The van der Waals surface area contributed by atoms with Gasteiger partial charge < -0.3 is 25.5 Å². The fourth-order valence-corrected chi connectivity index (χ4v) is 3.75. The number of aromatic hydroxyl groups is 1. The molecule has 0 heterocycles. The molecule has 0 aliphatic carbocycles. The topological polar surface area (TPSA) is 162 Å². The van der Waals surface area contributed by atoms with Crippen molar-refractivity contribution in [3.05, 3.63) is 65.2 Å². The largest absolute Gasteiger partial charge is 0.508 e. The Labute approximate surface area is 205 Å². The SMILES string of the molecule is CC(C)N(CC[C@H](c1ccccc1)c1cc(C#N)ccc1O)C(C)C.O=C(O)C(O)C(O)C(=O)O. The summed E-state index contributed by atoms with van der Waals surface area (Å²) in [4.78, 5) is 22.0. The fraction of sp³-hybridized carbons (Fsp3) is 0.423. The van der Waals surface area contributed by atoms with Crippen LogP contribution in [0.25, 0.3) is 0 Å². The maximum Gasteiger partial charge on any atom is 0.335 e. The van der Waals surface area contributed by atoms with Crippen molar-refractivity contribution in [1.82, 2.24) is 4.90 Å². The van der Waals surface area contributed by atoms with Crippen LogP contribution in [0, 0.1) is 11.3 Å². The monoisotopic (exact) mass is 486 g/mol. The lowest BCUT2D eigenvalue weighted by Crippen LogP contribution is -2.39. The minimum Gasteiger partial charge on any atom is -0.508 e. The minimum absolute atomic E-state index is 0.0644. The normalized spacial score (nSPS) is 13.5. The maximum atomic E-state index is 10.4. The number of phenols is 1. The van der Waals surface area contributed by atoms with Crippen LogP contribution < -0.4 is 0 Å². The van der Waals surface area contributed by atoms with Crippen molar-refractivity contribution in [1.29, 1.82) is 5.26 Å². The van der Waals surface area contributed by atoms with E-state index in [1.807, 2.05) is 24.3 Å². The number of benzene rings is 2. The van der Waals surface area contributed by atoms with Gasteiger partial charge in [-0.2, -0.15) is 5.26 Å². The van der Waals surface area contributed by atoms with E-state index in [4.69, 9.17) is 20.4 Å². The van der Waals surface area contributed by atoms with Crippen LogP contribution in [0.15, 0.2) is 48.5 Å². The van der Waals surface area contributed by atoms with E-state index in [0.717, 1.165) is 18.5 Å². The van der Waals surface area contributed by atoms with Gasteiger partial charge in [-0.1, -0.05) is 30.3 Å². The first-order chi connectivity index (χ1) is 16.4. The second-order valence-corrected chi connectivity index (χ2v) is 8.63. The molecule has 0 radical (unpaired) electrons. The van der Waals surface area contributed by atoms with Gasteiger partial charge in [0.25, 0.3) is 0 Å². The number of hydrogen-bond acceptors (Lipinski definition) is 7. The van der Waals surface area contributed by atoms with E-state index in [-0.39, 0.29) is 11.7 Å². The molecular formula is C26H34N2O7. The maximum absolute atomic E-state index is 10.4. The molecule has 190 valence electrons. The number of carboxylic acids is 2. The molecule has 0 aromatic heterocycles. The van der Waals surface area contributed by atoms with Gasteiger partial charge in [0.05, 0.1) is 11.6 Å². The molecule has 5 N–H and O–H groups in total. The third-order valence-corrected chi connectivity index (χ3v) is 5.54. The number of rotatable bonds is 10. The molecule has 9 nitrogen and oxygen atoms in total. The third-order valence-electron chi connectivity index (χ3n) is 5.54. The Morgan fingerprint density at radius 3 is 1.86 bits per heavy atom. The fourth-order valence-electron chi connectivity index (χ4n) is 3.75. The predicted octanol–water partition coefficient (Wildman–Crippen LogP) is 2.78.